The number of fused-ring (bicyclic) bond motifs is 1. The molecule has 0 aliphatic heterocycles. The minimum atomic E-state index is -0.477. The third-order valence-corrected chi connectivity index (χ3v) is 8.39. The van der Waals surface area contributed by atoms with Crippen molar-refractivity contribution in [1.82, 2.24) is 15.1 Å². The van der Waals surface area contributed by atoms with E-state index >= 15 is 0 Å². The summed E-state index contributed by atoms with van der Waals surface area (Å²) in [6, 6.07) is 18.4. The topological polar surface area (TPSA) is 67.2 Å². The van der Waals surface area contributed by atoms with Crippen molar-refractivity contribution in [1.29, 1.82) is 0 Å². The summed E-state index contributed by atoms with van der Waals surface area (Å²) in [4.78, 5) is 14.5. The second-order valence-electron chi connectivity index (χ2n) is 8.42. The lowest BCUT2D eigenvalue weighted by molar-refractivity contribution is -0.124. The van der Waals surface area contributed by atoms with Gasteiger partial charge in [-0.05, 0) is 71.1 Å². The molecule has 1 amide bonds. The van der Waals surface area contributed by atoms with Gasteiger partial charge in [0, 0.05) is 10.6 Å². The molecular weight excluding hydrogens is 569 g/mol. The zero-order valence-electron chi connectivity index (χ0n) is 18.5. The number of aliphatic hydroxyl groups is 1. The number of nitrogens with zero attached hydrogens (tertiary/aromatic N) is 2. The molecule has 1 aliphatic carbocycles. The number of halogens is 3. The maximum absolute atomic E-state index is 13.5. The first-order chi connectivity index (χ1) is 17.0. The molecule has 0 saturated heterocycles. The van der Waals surface area contributed by atoms with E-state index in [9.17, 15) is 9.90 Å². The van der Waals surface area contributed by atoms with Crippen molar-refractivity contribution >= 4 is 56.4 Å². The van der Waals surface area contributed by atoms with E-state index in [1.54, 1.807) is 23.5 Å². The number of benzene rings is 2. The number of hydrogen-bond acceptors (Lipinski definition) is 4. The van der Waals surface area contributed by atoms with Crippen LogP contribution in [0.3, 0.4) is 0 Å². The van der Waals surface area contributed by atoms with Crippen LogP contribution in [-0.2, 0) is 11.2 Å². The van der Waals surface area contributed by atoms with Crippen LogP contribution < -0.4 is 5.32 Å². The lowest BCUT2D eigenvalue weighted by atomic mass is 9.85. The van der Waals surface area contributed by atoms with E-state index in [2.05, 4.69) is 21.2 Å². The average Bonchev–Trinajstić information content (AvgIpc) is 3.45. The summed E-state index contributed by atoms with van der Waals surface area (Å²) in [5.41, 5.74) is 4.32. The molecule has 0 spiro atoms. The van der Waals surface area contributed by atoms with Crippen molar-refractivity contribution in [3.05, 3.63) is 91.3 Å². The molecule has 2 atom stereocenters. The van der Waals surface area contributed by atoms with Crippen LogP contribution in [0.15, 0.2) is 64.5 Å². The number of rotatable bonds is 6. The van der Waals surface area contributed by atoms with Crippen LogP contribution in [0.25, 0.3) is 16.3 Å². The number of nitrogens with one attached hydrogen (secondary N) is 1. The van der Waals surface area contributed by atoms with Crippen molar-refractivity contribution in [2.75, 3.05) is 6.61 Å². The zero-order valence-corrected chi connectivity index (χ0v) is 22.5. The van der Waals surface area contributed by atoms with E-state index in [1.165, 1.54) is 0 Å². The van der Waals surface area contributed by atoms with Crippen LogP contribution >= 0.6 is 50.5 Å². The second kappa shape index (κ2) is 10.4. The molecule has 0 saturated carbocycles. The normalized spacial score (nSPS) is 16.1. The Labute approximate surface area is 225 Å². The third kappa shape index (κ3) is 4.93. The second-order valence-corrected chi connectivity index (χ2v) is 11.7. The molecule has 5 rings (SSSR count). The highest BCUT2D eigenvalue weighted by atomic mass is 79.9. The fourth-order valence-corrected chi connectivity index (χ4v) is 6.52. The minimum absolute atomic E-state index is 0.139. The number of carbonyl (C=O) groups is 1. The summed E-state index contributed by atoms with van der Waals surface area (Å²) in [6.07, 6.45) is 2.36. The van der Waals surface area contributed by atoms with Crippen LogP contribution in [0.2, 0.25) is 10.0 Å². The van der Waals surface area contributed by atoms with Crippen molar-refractivity contribution in [3.63, 3.8) is 0 Å². The molecule has 2 N–H and O–H groups in total. The highest BCUT2D eigenvalue weighted by Crippen LogP contribution is 2.43. The van der Waals surface area contributed by atoms with Gasteiger partial charge in [-0.2, -0.15) is 5.10 Å². The summed E-state index contributed by atoms with van der Waals surface area (Å²) in [5, 5.41) is 19.0. The molecule has 5 nitrogen and oxygen atoms in total. The number of hydrogen-bond donors (Lipinski definition) is 2. The predicted molar refractivity (Wildman–Crippen MR) is 145 cm³/mol. The quantitative estimate of drug-likeness (QED) is 0.256. The van der Waals surface area contributed by atoms with Gasteiger partial charge >= 0.3 is 0 Å². The minimum Gasteiger partial charge on any atom is -0.394 e. The van der Waals surface area contributed by atoms with E-state index < -0.39 is 12.0 Å². The van der Waals surface area contributed by atoms with Gasteiger partial charge in [-0.1, -0.05) is 53.5 Å². The first kappa shape index (κ1) is 24.5. The lowest BCUT2D eigenvalue weighted by Crippen LogP contribution is -2.36. The number of amides is 1. The van der Waals surface area contributed by atoms with Gasteiger partial charge in [0.15, 0.2) is 0 Å². The highest BCUT2D eigenvalue weighted by Gasteiger charge is 2.34. The highest BCUT2D eigenvalue weighted by molar-refractivity contribution is 9.11. The Morgan fingerprint density at radius 1 is 1.20 bits per heavy atom. The van der Waals surface area contributed by atoms with Gasteiger partial charge in [-0.15, -0.1) is 11.3 Å². The largest absolute Gasteiger partial charge is 0.394 e. The third-order valence-electron chi connectivity index (χ3n) is 6.23. The molecule has 2 aromatic heterocycles. The Morgan fingerprint density at radius 2 is 2.00 bits per heavy atom. The molecule has 0 bridgehead atoms. The number of thiophene rings is 1. The smallest absolute Gasteiger partial charge is 0.229 e. The van der Waals surface area contributed by atoms with Gasteiger partial charge in [-0.25, -0.2) is 4.68 Å². The Morgan fingerprint density at radius 3 is 2.69 bits per heavy atom. The van der Waals surface area contributed by atoms with Crippen molar-refractivity contribution < 1.29 is 9.90 Å². The summed E-state index contributed by atoms with van der Waals surface area (Å²) in [7, 11) is 0. The van der Waals surface area contributed by atoms with Crippen molar-refractivity contribution in [2.24, 2.45) is 0 Å². The van der Waals surface area contributed by atoms with Crippen molar-refractivity contribution in [3.8, 4) is 16.3 Å². The predicted octanol–water partition coefficient (Wildman–Crippen LogP) is 6.94. The molecular formula is C26H22BrCl2N3O2S. The van der Waals surface area contributed by atoms with Gasteiger partial charge in [0.2, 0.25) is 5.91 Å². The standard InChI is InChI=1S/C26H22BrCl2N3O2S/c27-23-12-11-22(35-23)25-17-7-4-8-18(26(34)30-20(14-33)15-5-2-1-3-6-15)24(17)31-32(25)21-10-9-16(28)13-19(21)29/h1-3,5-6,9-13,18,20,33H,4,7-8,14H2,(H,30,34)/t18-,20-/m0/s1. The van der Waals surface area contributed by atoms with Gasteiger partial charge in [0.1, 0.15) is 0 Å². The van der Waals surface area contributed by atoms with Gasteiger partial charge in [-0.3, -0.25) is 4.79 Å². The molecule has 2 aromatic carbocycles. The van der Waals surface area contributed by atoms with Gasteiger partial charge < -0.3 is 10.4 Å². The molecule has 9 heteroatoms. The first-order valence-electron chi connectivity index (χ1n) is 11.3. The summed E-state index contributed by atoms with van der Waals surface area (Å²) in [6.45, 7) is -0.182. The lowest BCUT2D eigenvalue weighted by Gasteiger charge is -2.24. The monoisotopic (exact) mass is 589 g/mol. The Kier molecular flexibility index (Phi) is 7.32. The van der Waals surface area contributed by atoms with E-state index in [-0.39, 0.29) is 12.5 Å². The maximum Gasteiger partial charge on any atom is 0.229 e. The van der Waals surface area contributed by atoms with Crippen LogP contribution in [0.1, 0.15) is 41.6 Å². The zero-order chi connectivity index (χ0) is 24.5. The SMILES string of the molecule is O=C(N[C@@H](CO)c1ccccc1)[C@H]1CCCc2c1nn(-c1ccc(Cl)cc1Cl)c2-c1ccc(Br)s1. The average molecular weight is 591 g/mol. The Bertz CT molecular complexity index is 1370. The Balaban J connectivity index is 1.57. The Hall–Kier alpha value is -2.16. The van der Waals surface area contributed by atoms with Crippen LogP contribution in [-0.4, -0.2) is 27.4 Å². The summed E-state index contributed by atoms with van der Waals surface area (Å²) in [5.74, 6) is -0.564. The molecule has 0 radical (unpaired) electrons. The van der Waals surface area contributed by atoms with Crippen LogP contribution in [0, 0.1) is 0 Å². The van der Waals surface area contributed by atoms with E-state index in [1.807, 2.05) is 53.2 Å². The van der Waals surface area contributed by atoms with E-state index in [4.69, 9.17) is 28.3 Å². The molecule has 1 aliphatic rings. The van der Waals surface area contributed by atoms with E-state index in [0.29, 0.717) is 22.2 Å². The van der Waals surface area contributed by atoms with Crippen molar-refractivity contribution in [2.45, 2.75) is 31.2 Å². The van der Waals surface area contributed by atoms with Crippen LogP contribution in [0.4, 0.5) is 0 Å². The fraction of sp³-hybridized carbons (Fsp3) is 0.231. The maximum atomic E-state index is 13.5. The molecule has 180 valence electrons. The number of aliphatic hydroxyl groups excluding tert-OH is 1. The summed E-state index contributed by atoms with van der Waals surface area (Å²) >= 11 is 17.9. The molecule has 4 aromatic rings. The molecule has 0 fully saturated rings. The van der Waals surface area contributed by atoms with E-state index in [0.717, 1.165) is 44.0 Å². The molecule has 35 heavy (non-hydrogen) atoms. The molecule has 0 unspecified atom stereocenters. The van der Waals surface area contributed by atoms with Gasteiger partial charge in [0.25, 0.3) is 0 Å². The fourth-order valence-electron chi connectivity index (χ4n) is 4.58. The number of aromatic nitrogens is 2. The summed E-state index contributed by atoms with van der Waals surface area (Å²) < 4.78 is 2.85. The van der Waals surface area contributed by atoms with Gasteiger partial charge in [0.05, 0.1) is 49.3 Å². The molecule has 2 heterocycles. The number of carbonyl (C=O) groups excluding carboxylic acids is 1. The van der Waals surface area contributed by atoms with Crippen LogP contribution in [0.5, 0.6) is 0 Å². The first-order valence-corrected chi connectivity index (χ1v) is 13.6.